The number of aliphatic imine (C=N–C) groups is 2. The van der Waals surface area contributed by atoms with Crippen molar-refractivity contribution in [2.45, 2.75) is 119 Å². The van der Waals surface area contributed by atoms with Gasteiger partial charge < -0.3 is 37.2 Å². The summed E-state index contributed by atoms with van der Waals surface area (Å²) in [4.78, 5) is 15.5. The number of halogens is 3. The fourth-order valence-corrected chi connectivity index (χ4v) is 5.14. The van der Waals surface area contributed by atoms with Crippen LogP contribution in [0.2, 0.25) is 0 Å². The van der Waals surface area contributed by atoms with Crippen LogP contribution in [0, 0.1) is 40.8 Å². The maximum atomic E-state index is 5.23. The Labute approximate surface area is 319 Å². The van der Waals surface area contributed by atoms with Crippen LogP contribution in [-0.4, -0.2) is 16.4 Å². The predicted octanol–water partition coefficient (Wildman–Crippen LogP) is 1.75. The van der Waals surface area contributed by atoms with E-state index in [0.29, 0.717) is 0 Å². The normalized spacial score (nSPS) is 11.1. The Morgan fingerprint density at radius 3 is 1.05 bits per heavy atom. The Kier molecular flexibility index (Phi) is 26.0. The van der Waals surface area contributed by atoms with Crippen LogP contribution in [0.25, 0.3) is 0 Å². The van der Waals surface area contributed by atoms with E-state index in [9.17, 15) is 0 Å². The van der Waals surface area contributed by atoms with E-state index in [1.165, 1.54) is 73.6 Å². The fourth-order valence-electron chi connectivity index (χ4n) is 5.14. The maximum absolute atomic E-state index is 5.23. The van der Waals surface area contributed by atoms with Crippen molar-refractivity contribution in [2.75, 3.05) is 0 Å². The number of nitrogens with zero attached hydrogens (tertiary/aromatic N) is 3. The van der Waals surface area contributed by atoms with E-state index in [1.807, 2.05) is 0 Å². The molecule has 1 aromatic heterocycles. The summed E-state index contributed by atoms with van der Waals surface area (Å²) < 4.78 is 0. The third kappa shape index (κ3) is 13.9. The van der Waals surface area contributed by atoms with Crippen LogP contribution >= 0.6 is 0 Å². The van der Waals surface area contributed by atoms with Crippen molar-refractivity contribution in [3.8, 4) is 0 Å². The quantitative estimate of drug-likeness (QED) is 0.204. The topological polar surface area (TPSA) is 37.6 Å². The fraction of sp³-hybridized carbons (Fsp3) is 0.486. The Balaban J connectivity index is 0. The van der Waals surface area contributed by atoms with Gasteiger partial charge in [-0.25, -0.2) is 4.98 Å². The molecule has 0 aliphatic heterocycles. The molecule has 2 aromatic carbocycles. The molecule has 1 radical (unpaired) electrons. The summed E-state index contributed by atoms with van der Waals surface area (Å²) in [6.45, 7) is 13.2. The molecule has 0 N–H and O–H groups in total. The standard InChI is InChI=1S/C37H51N3.3ClH.Nd/c1-7-11-18-30-22-15-23-31(19-12-8-2)36(30)38-28(5)34-26-17-27-35(40-34)29(6)39-37-32(20-13-9-3)24-16-25-33(37)21-14-10-4;;;;/h15-17,22-27H,7-14,18-21H2,1-6H3;3*1H;/q;;;;+3/p-3. The minimum absolute atomic E-state index is 0. The molecule has 3 nitrogen and oxygen atoms in total. The number of unbranched alkanes of at least 4 members (excludes halogenated alkanes) is 4. The SMILES string of the molecule is CCCCc1cccc(CCCC)c1N=C(C)c1cccc(C(C)=Nc2c(CCCC)cccc2CCCC)n1.[Cl-].[Cl-].[Cl-].[Nd+3]. The van der Waals surface area contributed by atoms with E-state index in [2.05, 4.69) is 96.1 Å². The van der Waals surface area contributed by atoms with Gasteiger partial charge in [0, 0.05) is 0 Å². The minimum atomic E-state index is 0. The van der Waals surface area contributed by atoms with Crippen LogP contribution in [0.1, 0.15) is 127 Å². The van der Waals surface area contributed by atoms with Crippen LogP contribution in [-0.2, 0) is 25.7 Å². The molecule has 0 unspecified atom stereocenters. The van der Waals surface area contributed by atoms with E-state index in [0.717, 1.165) is 59.9 Å². The number of pyridine rings is 1. The molecule has 239 valence electrons. The van der Waals surface area contributed by atoms with Gasteiger partial charge >= 0.3 is 40.8 Å². The van der Waals surface area contributed by atoms with Crippen molar-refractivity contribution in [3.63, 3.8) is 0 Å². The van der Waals surface area contributed by atoms with Gasteiger partial charge in [0.05, 0.1) is 34.2 Å². The summed E-state index contributed by atoms with van der Waals surface area (Å²) in [6.07, 6.45) is 13.8. The zero-order valence-corrected chi connectivity index (χ0v) is 33.1. The van der Waals surface area contributed by atoms with Crippen molar-refractivity contribution in [2.24, 2.45) is 9.98 Å². The second kappa shape index (κ2) is 25.3. The molecule has 44 heavy (non-hydrogen) atoms. The molecule has 0 aliphatic rings. The first-order valence-corrected chi connectivity index (χ1v) is 15.8. The molecule has 3 rings (SSSR count). The second-order valence-corrected chi connectivity index (χ2v) is 11.1. The van der Waals surface area contributed by atoms with Gasteiger partial charge in [-0.3, -0.25) is 9.98 Å². The summed E-state index contributed by atoms with van der Waals surface area (Å²) in [7, 11) is 0. The smallest absolute Gasteiger partial charge is 1.00 e. The molecule has 1 heterocycles. The number of hydrogen-bond acceptors (Lipinski definition) is 3. The van der Waals surface area contributed by atoms with Crippen molar-refractivity contribution in [1.29, 1.82) is 0 Å². The number of para-hydroxylation sites is 2. The molecule has 0 spiro atoms. The molecular weight excluding hydrogens is 737 g/mol. The second-order valence-electron chi connectivity index (χ2n) is 11.1. The summed E-state index contributed by atoms with van der Waals surface area (Å²) in [5.41, 5.74) is 11.5. The van der Waals surface area contributed by atoms with E-state index < -0.39 is 0 Å². The van der Waals surface area contributed by atoms with Gasteiger partial charge in [0.15, 0.2) is 0 Å². The molecule has 0 saturated heterocycles. The maximum Gasteiger partial charge on any atom is 3.00 e. The number of benzene rings is 2. The summed E-state index contributed by atoms with van der Waals surface area (Å²) in [6, 6.07) is 19.7. The molecule has 3 aromatic rings. The summed E-state index contributed by atoms with van der Waals surface area (Å²) >= 11 is 0. The van der Waals surface area contributed by atoms with Crippen LogP contribution in [0.4, 0.5) is 11.4 Å². The third-order valence-electron chi connectivity index (χ3n) is 7.65. The first-order valence-electron chi connectivity index (χ1n) is 15.8. The molecule has 0 atom stereocenters. The Morgan fingerprint density at radius 2 is 0.773 bits per heavy atom. The predicted molar refractivity (Wildman–Crippen MR) is 175 cm³/mol. The number of hydrogen-bond donors (Lipinski definition) is 0. The molecular formula is C37H51Cl3N3Nd. The number of aryl methyl sites for hydroxylation is 4. The summed E-state index contributed by atoms with van der Waals surface area (Å²) in [5.74, 6) is 0. The average Bonchev–Trinajstić information content (AvgIpc) is 2.98. The van der Waals surface area contributed by atoms with Gasteiger partial charge in [-0.05, 0) is 99.6 Å². The van der Waals surface area contributed by atoms with Crippen LogP contribution in [0.5, 0.6) is 0 Å². The van der Waals surface area contributed by atoms with Gasteiger partial charge in [0.1, 0.15) is 0 Å². The van der Waals surface area contributed by atoms with Crippen LogP contribution in [0.15, 0.2) is 64.6 Å². The van der Waals surface area contributed by atoms with Gasteiger partial charge in [-0.1, -0.05) is 95.8 Å². The molecule has 0 aliphatic carbocycles. The van der Waals surface area contributed by atoms with Crippen molar-refractivity contribution < 1.29 is 78.1 Å². The van der Waals surface area contributed by atoms with E-state index in [1.54, 1.807) is 0 Å². The van der Waals surface area contributed by atoms with Gasteiger partial charge in [-0.15, -0.1) is 0 Å². The molecule has 0 amide bonds. The minimum Gasteiger partial charge on any atom is -1.00 e. The van der Waals surface area contributed by atoms with Crippen molar-refractivity contribution in [1.82, 2.24) is 4.98 Å². The zero-order chi connectivity index (χ0) is 28.7. The largest absolute Gasteiger partial charge is 3.00 e. The first kappa shape index (κ1) is 45.3. The molecule has 0 fully saturated rings. The Bertz CT molecular complexity index is 1140. The monoisotopic (exact) mass is 784 g/mol. The molecule has 7 heteroatoms. The van der Waals surface area contributed by atoms with E-state index >= 15 is 0 Å². The van der Waals surface area contributed by atoms with Gasteiger partial charge in [0.25, 0.3) is 0 Å². The van der Waals surface area contributed by atoms with Gasteiger partial charge in [-0.2, -0.15) is 0 Å². The van der Waals surface area contributed by atoms with Crippen molar-refractivity contribution in [3.05, 3.63) is 88.2 Å². The van der Waals surface area contributed by atoms with E-state index in [4.69, 9.17) is 15.0 Å². The van der Waals surface area contributed by atoms with Crippen LogP contribution < -0.4 is 37.2 Å². The Morgan fingerprint density at radius 1 is 0.500 bits per heavy atom. The number of rotatable bonds is 16. The van der Waals surface area contributed by atoms with Gasteiger partial charge in [0.2, 0.25) is 0 Å². The molecule has 0 saturated carbocycles. The average molecular weight is 788 g/mol. The first-order chi connectivity index (χ1) is 19.5. The van der Waals surface area contributed by atoms with Crippen molar-refractivity contribution >= 4 is 22.8 Å². The number of aromatic nitrogens is 1. The Hall–Kier alpha value is -0.849. The molecule has 0 bridgehead atoms. The van der Waals surface area contributed by atoms with Crippen LogP contribution in [0.3, 0.4) is 0 Å². The summed E-state index contributed by atoms with van der Waals surface area (Å²) in [5, 5.41) is 0. The van der Waals surface area contributed by atoms with E-state index in [-0.39, 0.29) is 78.1 Å². The zero-order valence-electron chi connectivity index (χ0n) is 27.7. The third-order valence-corrected chi connectivity index (χ3v) is 7.65.